The zero-order valence-electron chi connectivity index (χ0n) is 23.5. The van der Waals surface area contributed by atoms with E-state index in [1.54, 1.807) is 13.8 Å². The van der Waals surface area contributed by atoms with Crippen LogP contribution in [0.3, 0.4) is 0 Å². The Morgan fingerprint density at radius 3 is 2.16 bits per heavy atom. The lowest BCUT2D eigenvalue weighted by Crippen LogP contribution is -2.41. The summed E-state index contributed by atoms with van der Waals surface area (Å²) in [5.74, 6) is -6.05. The molecular weight excluding hydrogens is 634 g/mol. The van der Waals surface area contributed by atoms with Crippen molar-refractivity contribution >= 4 is 40.9 Å². The molecule has 3 aromatic rings. The molecule has 4 rings (SSSR count). The Hall–Kier alpha value is -3.58. The molecule has 1 aliphatic carbocycles. The van der Waals surface area contributed by atoms with E-state index in [0.29, 0.717) is 23.8 Å². The first-order valence-corrected chi connectivity index (χ1v) is 14.2. The SMILES string of the molecule is C[C@H](C(=O)O)C1CCC(C)(n2ncc(C(=O)N(CC(=O)c3c(Cl)cncc3Cl)Cc3cc(F)cc(F)c3)c2C(F)(F)F)CC1. The number of pyridine rings is 1. The summed E-state index contributed by atoms with van der Waals surface area (Å²) in [6, 6.07) is 2.34. The van der Waals surface area contributed by atoms with Gasteiger partial charge in [-0.1, -0.05) is 30.1 Å². The van der Waals surface area contributed by atoms with E-state index in [1.807, 2.05) is 0 Å². The third-order valence-electron chi connectivity index (χ3n) is 8.03. The highest BCUT2D eigenvalue weighted by atomic mass is 35.5. The molecule has 1 fully saturated rings. The largest absolute Gasteiger partial charge is 0.481 e. The normalized spacial score (nSPS) is 19.4. The minimum atomic E-state index is -5.08. The van der Waals surface area contributed by atoms with Crippen LogP contribution in [0.25, 0.3) is 0 Å². The fourth-order valence-corrected chi connectivity index (χ4v) is 6.16. The van der Waals surface area contributed by atoms with E-state index >= 15 is 0 Å². The molecule has 236 valence electrons. The maximum Gasteiger partial charge on any atom is 0.433 e. The zero-order valence-corrected chi connectivity index (χ0v) is 25.0. The Labute approximate surface area is 258 Å². The van der Waals surface area contributed by atoms with Gasteiger partial charge >= 0.3 is 12.1 Å². The number of carbonyl (C=O) groups excluding carboxylic acids is 2. The third kappa shape index (κ3) is 7.04. The molecule has 0 radical (unpaired) electrons. The van der Waals surface area contributed by atoms with Crippen molar-refractivity contribution in [2.45, 2.75) is 57.8 Å². The van der Waals surface area contributed by atoms with Crippen molar-refractivity contribution in [3.63, 3.8) is 0 Å². The van der Waals surface area contributed by atoms with Gasteiger partial charge in [-0.25, -0.2) is 8.78 Å². The number of hydrogen-bond acceptors (Lipinski definition) is 5. The molecule has 1 saturated carbocycles. The smallest absolute Gasteiger partial charge is 0.433 e. The fourth-order valence-electron chi connectivity index (χ4n) is 5.59. The molecular formula is C29H27Cl2F5N4O4. The second-order valence-electron chi connectivity index (χ2n) is 11.1. The van der Waals surface area contributed by atoms with Gasteiger partial charge in [0.1, 0.15) is 11.6 Å². The number of aliphatic carboxylic acids is 1. The number of aromatic nitrogens is 3. The maximum atomic E-state index is 14.7. The Morgan fingerprint density at radius 2 is 1.64 bits per heavy atom. The van der Waals surface area contributed by atoms with Crippen molar-refractivity contribution < 1.29 is 41.4 Å². The molecule has 0 unspecified atom stereocenters. The average molecular weight is 661 g/mol. The molecule has 1 amide bonds. The van der Waals surface area contributed by atoms with Gasteiger partial charge in [-0.2, -0.15) is 18.3 Å². The van der Waals surface area contributed by atoms with Crippen LogP contribution < -0.4 is 0 Å². The van der Waals surface area contributed by atoms with E-state index in [2.05, 4.69) is 10.1 Å². The molecule has 0 spiro atoms. The van der Waals surface area contributed by atoms with Crippen LogP contribution >= 0.6 is 23.2 Å². The van der Waals surface area contributed by atoms with Gasteiger partial charge in [-0.05, 0) is 56.2 Å². The highest BCUT2D eigenvalue weighted by Crippen LogP contribution is 2.44. The van der Waals surface area contributed by atoms with E-state index in [0.717, 1.165) is 35.4 Å². The van der Waals surface area contributed by atoms with Crippen molar-refractivity contribution in [1.82, 2.24) is 19.7 Å². The van der Waals surface area contributed by atoms with E-state index in [9.17, 15) is 41.4 Å². The number of halogens is 7. The summed E-state index contributed by atoms with van der Waals surface area (Å²) < 4.78 is 72.7. The monoisotopic (exact) mass is 660 g/mol. The van der Waals surface area contributed by atoms with E-state index in [4.69, 9.17) is 23.2 Å². The van der Waals surface area contributed by atoms with Gasteiger partial charge < -0.3 is 10.0 Å². The molecule has 1 N–H and O–H groups in total. The minimum Gasteiger partial charge on any atom is -0.481 e. The van der Waals surface area contributed by atoms with Crippen LogP contribution in [0.1, 0.15) is 71.5 Å². The first kappa shape index (κ1) is 33.3. The summed E-state index contributed by atoms with van der Waals surface area (Å²) in [5.41, 5.74) is -3.82. The van der Waals surface area contributed by atoms with Crippen molar-refractivity contribution in [2.75, 3.05) is 6.54 Å². The van der Waals surface area contributed by atoms with Gasteiger partial charge in [0.05, 0.1) is 45.4 Å². The lowest BCUT2D eigenvalue weighted by molar-refractivity contribution is -0.148. The number of ketones is 1. The lowest BCUT2D eigenvalue weighted by Gasteiger charge is -2.40. The number of carbonyl (C=O) groups is 3. The van der Waals surface area contributed by atoms with E-state index in [1.165, 1.54) is 0 Å². The van der Waals surface area contributed by atoms with Gasteiger partial charge in [0.15, 0.2) is 11.5 Å². The first-order chi connectivity index (χ1) is 20.5. The lowest BCUT2D eigenvalue weighted by atomic mass is 9.73. The second kappa shape index (κ2) is 12.8. The molecule has 8 nitrogen and oxygen atoms in total. The second-order valence-corrected chi connectivity index (χ2v) is 11.9. The predicted molar refractivity (Wildman–Crippen MR) is 149 cm³/mol. The summed E-state index contributed by atoms with van der Waals surface area (Å²) in [4.78, 5) is 43.0. The molecule has 2 aromatic heterocycles. The van der Waals surface area contributed by atoms with Gasteiger partial charge in [0.2, 0.25) is 0 Å². The summed E-state index contributed by atoms with van der Waals surface area (Å²) in [5, 5.41) is 13.0. The number of benzene rings is 1. The number of alkyl halides is 3. The van der Waals surface area contributed by atoms with Crippen molar-refractivity contribution in [2.24, 2.45) is 11.8 Å². The van der Waals surface area contributed by atoms with Crippen LogP contribution in [0.4, 0.5) is 22.0 Å². The highest BCUT2D eigenvalue weighted by Gasteiger charge is 2.47. The van der Waals surface area contributed by atoms with Gasteiger partial charge in [0, 0.05) is 25.0 Å². The number of amides is 1. The van der Waals surface area contributed by atoms with E-state index < -0.39 is 71.3 Å². The molecule has 1 aromatic carbocycles. The first-order valence-electron chi connectivity index (χ1n) is 13.5. The number of hydrogen-bond donors (Lipinski definition) is 1. The topological polar surface area (TPSA) is 105 Å². The van der Waals surface area contributed by atoms with Crippen molar-refractivity contribution in [3.05, 3.63) is 80.9 Å². The van der Waals surface area contributed by atoms with Crippen LogP contribution in [0, 0.1) is 23.5 Å². The number of carboxylic acids is 1. The van der Waals surface area contributed by atoms with Gasteiger partial charge in [0.25, 0.3) is 5.91 Å². The Balaban J connectivity index is 1.74. The average Bonchev–Trinajstić information content (AvgIpc) is 3.39. The van der Waals surface area contributed by atoms with Crippen LogP contribution in [0.2, 0.25) is 10.0 Å². The van der Waals surface area contributed by atoms with Crippen LogP contribution in [-0.2, 0) is 23.1 Å². The molecule has 1 atom stereocenters. The zero-order chi connectivity index (χ0) is 32.6. The minimum absolute atomic E-state index is 0.130. The molecule has 0 bridgehead atoms. The standard InChI is InChI=1S/C29H27Cl2F5N4O4/c1-15(27(43)44)17-3-5-28(2,6-4-17)40-25(29(34,35)36)20(10-38-40)26(42)39(13-16-7-18(32)9-19(33)8-16)14-23(41)24-21(30)11-37-12-22(24)31/h7-12,15,17H,3-6,13-14H2,1-2H3,(H,43,44)/t15-,17?,28?/m0/s1. The van der Waals surface area contributed by atoms with Gasteiger partial charge in [-0.15, -0.1) is 0 Å². The molecule has 15 heteroatoms. The van der Waals surface area contributed by atoms with Crippen molar-refractivity contribution in [3.8, 4) is 0 Å². The Morgan fingerprint density at radius 1 is 1.07 bits per heavy atom. The number of carboxylic acid groups (broad SMARTS) is 1. The maximum absolute atomic E-state index is 14.7. The number of rotatable bonds is 9. The molecule has 1 aliphatic rings. The summed E-state index contributed by atoms with van der Waals surface area (Å²) in [6.07, 6.45) is -1.12. The summed E-state index contributed by atoms with van der Waals surface area (Å²) in [6.45, 7) is 1.60. The molecule has 0 aliphatic heterocycles. The number of Topliss-reactive ketones (excluding diaryl/α,β-unsaturated/α-hetero) is 1. The van der Waals surface area contributed by atoms with Gasteiger partial charge in [-0.3, -0.25) is 24.0 Å². The molecule has 0 saturated heterocycles. The molecule has 44 heavy (non-hydrogen) atoms. The summed E-state index contributed by atoms with van der Waals surface area (Å²) in [7, 11) is 0. The summed E-state index contributed by atoms with van der Waals surface area (Å²) >= 11 is 12.2. The number of nitrogens with zero attached hydrogens (tertiary/aromatic N) is 4. The fraction of sp³-hybridized carbons (Fsp3) is 0.414. The third-order valence-corrected chi connectivity index (χ3v) is 8.61. The quantitative estimate of drug-likeness (QED) is 0.195. The Kier molecular flexibility index (Phi) is 9.69. The predicted octanol–water partition coefficient (Wildman–Crippen LogP) is 7.03. The highest BCUT2D eigenvalue weighted by molar-refractivity contribution is 6.39. The van der Waals surface area contributed by atoms with Crippen LogP contribution in [-0.4, -0.2) is 49.0 Å². The van der Waals surface area contributed by atoms with Crippen molar-refractivity contribution in [1.29, 1.82) is 0 Å². The Bertz CT molecular complexity index is 1550. The molecule has 2 heterocycles. The van der Waals surface area contributed by atoms with E-state index in [-0.39, 0.29) is 39.9 Å². The van der Waals surface area contributed by atoms with Crippen LogP contribution in [0.5, 0.6) is 0 Å². The van der Waals surface area contributed by atoms with Crippen LogP contribution in [0.15, 0.2) is 36.8 Å².